The van der Waals surface area contributed by atoms with Gasteiger partial charge in [0.2, 0.25) is 0 Å². The van der Waals surface area contributed by atoms with Crippen LogP contribution in [0.2, 0.25) is 0 Å². The Hall–Kier alpha value is -3.19. The molecule has 4 rings (SSSR count). The molecule has 6 nitrogen and oxygen atoms in total. The molecule has 1 aromatic heterocycles. The number of pyridine rings is 1. The number of nitrogen functional groups attached to an aromatic ring is 1. The van der Waals surface area contributed by atoms with Gasteiger partial charge in [0.05, 0.1) is 11.5 Å². The van der Waals surface area contributed by atoms with E-state index in [2.05, 4.69) is 34.1 Å². The highest BCUT2D eigenvalue weighted by atomic mass is 32.2. The average Bonchev–Trinajstić information content (AvgIpc) is 2.76. The molecule has 0 amide bonds. The van der Waals surface area contributed by atoms with Crippen LogP contribution < -0.4 is 10.6 Å². The molecule has 2 heterocycles. The fourth-order valence-corrected chi connectivity index (χ4v) is 5.36. The first-order valence-corrected chi connectivity index (χ1v) is 11.7. The van der Waals surface area contributed by atoms with Crippen molar-refractivity contribution in [3.05, 3.63) is 78.6 Å². The predicted octanol–water partition coefficient (Wildman–Crippen LogP) is 3.75. The molecule has 3 N–H and O–H groups in total. The Kier molecular flexibility index (Phi) is 5.55. The molecule has 2 aromatic carbocycles. The van der Waals surface area contributed by atoms with Gasteiger partial charge in [-0.2, -0.15) is 0 Å². The van der Waals surface area contributed by atoms with Crippen LogP contribution in [0.15, 0.2) is 73.1 Å². The summed E-state index contributed by atoms with van der Waals surface area (Å²) in [6, 6.07) is 19.8. The molecular weight excluding hydrogens is 396 g/mol. The molecule has 154 valence electrons. The van der Waals surface area contributed by atoms with E-state index in [9.17, 15) is 8.42 Å². The summed E-state index contributed by atoms with van der Waals surface area (Å²) in [5.41, 5.74) is 10.4. The van der Waals surface area contributed by atoms with E-state index >= 15 is 0 Å². The average molecular weight is 421 g/mol. The summed E-state index contributed by atoms with van der Waals surface area (Å²) in [7, 11) is -2.96. The lowest BCUT2D eigenvalue weighted by atomic mass is 10.0. The molecule has 0 atom stereocenters. The van der Waals surface area contributed by atoms with Crippen LogP contribution in [0.25, 0.3) is 11.1 Å². The topological polar surface area (TPSA) is 100 Å². The lowest BCUT2D eigenvalue weighted by molar-refractivity contribution is 0.541. The number of nitrogens with two attached hydrogens (primary N) is 1. The van der Waals surface area contributed by atoms with E-state index in [0.717, 1.165) is 22.5 Å². The third-order valence-corrected chi connectivity index (χ3v) is 7.20. The molecule has 0 saturated carbocycles. The van der Waals surface area contributed by atoms with Gasteiger partial charge in [0, 0.05) is 35.4 Å². The second kappa shape index (κ2) is 8.28. The molecule has 1 fully saturated rings. The Morgan fingerprint density at radius 3 is 2.20 bits per heavy atom. The smallest absolute Gasteiger partial charge is 0.150 e. The minimum Gasteiger partial charge on any atom is -0.384 e. The van der Waals surface area contributed by atoms with Crippen LogP contribution in [0, 0.1) is 5.41 Å². The minimum absolute atomic E-state index is 0.0102. The van der Waals surface area contributed by atoms with Gasteiger partial charge in [0.15, 0.2) is 0 Å². The highest BCUT2D eigenvalue weighted by molar-refractivity contribution is 7.91. The van der Waals surface area contributed by atoms with Crippen molar-refractivity contribution < 1.29 is 8.42 Å². The number of nitrogens with zero attached hydrogens (tertiary/aromatic N) is 2. The fourth-order valence-electron chi connectivity index (χ4n) is 3.89. The molecule has 3 aromatic rings. The first kappa shape index (κ1) is 20.1. The minimum atomic E-state index is -2.96. The molecule has 0 radical (unpaired) electrons. The molecule has 7 heteroatoms. The quantitative estimate of drug-likeness (QED) is 0.484. The van der Waals surface area contributed by atoms with Crippen LogP contribution in [0.4, 0.5) is 11.4 Å². The maximum Gasteiger partial charge on any atom is 0.150 e. The number of nitrogens with one attached hydrogen (secondary N) is 1. The number of benzene rings is 2. The van der Waals surface area contributed by atoms with Gasteiger partial charge in [-0.05, 0) is 60.4 Å². The van der Waals surface area contributed by atoms with Gasteiger partial charge < -0.3 is 10.6 Å². The number of rotatable bonds is 5. The Morgan fingerprint density at radius 2 is 1.57 bits per heavy atom. The zero-order chi connectivity index (χ0) is 21.1. The van der Waals surface area contributed by atoms with Gasteiger partial charge >= 0.3 is 0 Å². The van der Waals surface area contributed by atoms with Gasteiger partial charge in [-0.1, -0.05) is 24.3 Å². The predicted molar refractivity (Wildman–Crippen MR) is 121 cm³/mol. The normalized spacial score (nSPS) is 16.1. The molecule has 1 aliphatic heterocycles. The van der Waals surface area contributed by atoms with E-state index in [1.165, 1.54) is 0 Å². The highest BCUT2D eigenvalue weighted by Gasteiger charge is 2.29. The van der Waals surface area contributed by atoms with Gasteiger partial charge in [0.25, 0.3) is 0 Å². The van der Waals surface area contributed by atoms with Crippen molar-refractivity contribution in [2.45, 2.75) is 18.9 Å². The zero-order valence-corrected chi connectivity index (χ0v) is 17.3. The summed E-state index contributed by atoms with van der Waals surface area (Å²) in [5.74, 6) is 0.391. The summed E-state index contributed by atoms with van der Waals surface area (Å²) < 4.78 is 23.9. The van der Waals surface area contributed by atoms with Crippen molar-refractivity contribution in [2.75, 3.05) is 16.4 Å². The summed E-state index contributed by atoms with van der Waals surface area (Å²) in [4.78, 5) is 6.24. The molecule has 30 heavy (non-hydrogen) atoms. The molecule has 1 aliphatic rings. The van der Waals surface area contributed by atoms with Crippen molar-refractivity contribution in [2.24, 2.45) is 5.73 Å². The van der Waals surface area contributed by atoms with Crippen molar-refractivity contribution >= 4 is 27.0 Å². The number of anilines is 2. The Bertz CT molecular complexity index is 1130. The number of sulfone groups is 1. The maximum absolute atomic E-state index is 12.0. The third kappa shape index (κ3) is 4.36. The van der Waals surface area contributed by atoms with Gasteiger partial charge in [-0.25, -0.2) is 8.42 Å². The van der Waals surface area contributed by atoms with Gasteiger partial charge in [-0.3, -0.25) is 10.4 Å². The SMILES string of the molecule is N=C(N)c1cccc(N(c2ccc(-c3ccncc3)cc2)C2CCS(=O)(=O)CC2)c1. The second-order valence-electron chi connectivity index (χ2n) is 7.50. The Balaban J connectivity index is 1.72. The summed E-state index contributed by atoms with van der Waals surface area (Å²) in [6.07, 6.45) is 4.67. The summed E-state index contributed by atoms with van der Waals surface area (Å²) in [5, 5.41) is 7.77. The largest absolute Gasteiger partial charge is 0.384 e. The van der Waals surface area contributed by atoms with Crippen molar-refractivity contribution in [3.63, 3.8) is 0 Å². The van der Waals surface area contributed by atoms with Crippen molar-refractivity contribution in [3.8, 4) is 11.1 Å². The van der Waals surface area contributed by atoms with Crippen LogP contribution in [0.5, 0.6) is 0 Å². The van der Waals surface area contributed by atoms with E-state index in [1.807, 2.05) is 36.4 Å². The highest BCUT2D eigenvalue weighted by Crippen LogP contribution is 2.34. The van der Waals surface area contributed by atoms with Gasteiger partial charge in [0.1, 0.15) is 15.7 Å². The van der Waals surface area contributed by atoms with Crippen molar-refractivity contribution in [1.29, 1.82) is 5.41 Å². The number of hydrogen-bond donors (Lipinski definition) is 2. The molecule has 0 unspecified atom stereocenters. The van der Waals surface area contributed by atoms with Crippen LogP contribution in [0.1, 0.15) is 18.4 Å². The first-order valence-electron chi connectivity index (χ1n) is 9.87. The van der Waals surface area contributed by atoms with E-state index in [1.54, 1.807) is 12.4 Å². The Labute approximate surface area is 176 Å². The molecule has 1 saturated heterocycles. The Morgan fingerprint density at radius 1 is 0.933 bits per heavy atom. The number of aromatic nitrogens is 1. The number of amidine groups is 1. The second-order valence-corrected chi connectivity index (χ2v) is 9.80. The van der Waals surface area contributed by atoms with Crippen LogP contribution >= 0.6 is 0 Å². The molecular formula is C23H24N4O2S. The van der Waals surface area contributed by atoms with Crippen molar-refractivity contribution in [1.82, 2.24) is 4.98 Å². The van der Waals surface area contributed by atoms with E-state index in [-0.39, 0.29) is 23.4 Å². The lowest BCUT2D eigenvalue weighted by Crippen LogP contribution is -2.38. The molecule has 0 aliphatic carbocycles. The monoisotopic (exact) mass is 420 g/mol. The van der Waals surface area contributed by atoms with E-state index < -0.39 is 9.84 Å². The first-order chi connectivity index (χ1) is 14.4. The van der Waals surface area contributed by atoms with E-state index in [0.29, 0.717) is 18.4 Å². The third-order valence-electron chi connectivity index (χ3n) is 5.48. The lowest BCUT2D eigenvalue weighted by Gasteiger charge is -2.36. The van der Waals surface area contributed by atoms with Crippen LogP contribution in [0.3, 0.4) is 0 Å². The van der Waals surface area contributed by atoms with Crippen LogP contribution in [-0.4, -0.2) is 36.8 Å². The number of hydrogen-bond acceptors (Lipinski definition) is 5. The summed E-state index contributed by atoms with van der Waals surface area (Å²) >= 11 is 0. The standard InChI is InChI=1S/C23H24N4O2S/c24-23(25)19-2-1-3-22(16-19)27(21-10-14-30(28,29)15-11-21)20-6-4-17(5-7-20)18-8-12-26-13-9-18/h1-9,12-13,16,21H,10-11,14-15H2,(H3,24,25). The molecule has 0 bridgehead atoms. The van der Waals surface area contributed by atoms with Gasteiger partial charge in [-0.15, -0.1) is 0 Å². The maximum atomic E-state index is 12.0. The fraction of sp³-hybridized carbons (Fsp3) is 0.217. The summed E-state index contributed by atoms with van der Waals surface area (Å²) in [6.45, 7) is 0. The zero-order valence-electron chi connectivity index (χ0n) is 16.5. The molecule has 0 spiro atoms. The van der Waals surface area contributed by atoms with Crippen LogP contribution in [-0.2, 0) is 9.84 Å². The van der Waals surface area contributed by atoms with E-state index in [4.69, 9.17) is 11.1 Å².